The van der Waals surface area contributed by atoms with Crippen molar-refractivity contribution in [3.05, 3.63) is 150 Å². The monoisotopic (exact) mass is 642 g/mol. The van der Waals surface area contributed by atoms with Crippen LogP contribution in [0.1, 0.15) is 22.3 Å². The SMILES string of the molecule is Cc1cc[c]([Sb]([O]S(=O)(=O)c2ccccc2)([c]2ccc(C)cc2)([c]2ccc(C)cc2)[c]2ccc(C)cc2)cc1. The average molecular weight is 643 g/mol. The molecule has 0 atom stereocenters. The molecule has 0 saturated heterocycles. The summed E-state index contributed by atoms with van der Waals surface area (Å²) in [5.74, 6) is 0. The average Bonchev–Trinajstić information content (AvgIpc) is 2.94. The first-order chi connectivity index (χ1) is 18.6. The van der Waals surface area contributed by atoms with E-state index >= 15 is 0 Å². The molecule has 0 N–H and O–H groups in total. The molecule has 0 aliphatic rings. The van der Waals surface area contributed by atoms with E-state index in [4.69, 9.17) is 2.46 Å². The van der Waals surface area contributed by atoms with Crippen LogP contribution in [0.3, 0.4) is 0 Å². The summed E-state index contributed by atoms with van der Waals surface area (Å²) >= 11 is -5.63. The van der Waals surface area contributed by atoms with E-state index in [-0.39, 0.29) is 4.90 Å². The summed E-state index contributed by atoms with van der Waals surface area (Å²) in [6, 6.07) is 41.4. The van der Waals surface area contributed by atoms with Crippen LogP contribution in [-0.4, -0.2) is 26.2 Å². The quantitative estimate of drug-likeness (QED) is 0.231. The molecule has 0 fully saturated rings. The van der Waals surface area contributed by atoms with Gasteiger partial charge in [-0.25, -0.2) is 0 Å². The van der Waals surface area contributed by atoms with E-state index in [0.29, 0.717) is 0 Å². The molecule has 0 aliphatic carbocycles. The van der Waals surface area contributed by atoms with Crippen molar-refractivity contribution < 1.29 is 10.9 Å². The van der Waals surface area contributed by atoms with Crippen molar-refractivity contribution in [3.63, 3.8) is 0 Å². The van der Waals surface area contributed by atoms with Crippen LogP contribution in [0.15, 0.2) is 132 Å². The Morgan fingerprint density at radius 1 is 0.436 bits per heavy atom. The van der Waals surface area contributed by atoms with Crippen molar-refractivity contribution in [1.29, 1.82) is 0 Å². The predicted octanol–water partition coefficient (Wildman–Crippen LogP) is 5.15. The summed E-state index contributed by atoms with van der Waals surface area (Å²) in [6.45, 7) is 8.16. The van der Waals surface area contributed by atoms with E-state index in [1.165, 1.54) is 0 Å². The van der Waals surface area contributed by atoms with Gasteiger partial charge in [0, 0.05) is 0 Å². The van der Waals surface area contributed by atoms with Crippen LogP contribution in [0.25, 0.3) is 0 Å². The van der Waals surface area contributed by atoms with Gasteiger partial charge in [0.05, 0.1) is 0 Å². The van der Waals surface area contributed by atoms with E-state index in [2.05, 4.69) is 97.1 Å². The standard InChI is InChI=1S/4C7H7.C6H6O3S.Sb/c4*1-7-5-3-2-4-6-7;7-10(8,9)6-4-2-1-3-5-6;/h4*3-6H,1H3;1-5H,(H,7,8,9);/q;;;;;+1/p-1. The van der Waals surface area contributed by atoms with Crippen LogP contribution in [-0.2, 0) is 12.6 Å². The summed E-state index contributed by atoms with van der Waals surface area (Å²) < 4.78 is 39.5. The Morgan fingerprint density at radius 3 is 1.00 bits per heavy atom. The fraction of sp³-hybridized carbons (Fsp3) is 0.118. The molecule has 0 saturated carbocycles. The number of aryl methyl sites for hydroxylation is 4. The number of rotatable bonds is 7. The van der Waals surface area contributed by atoms with Gasteiger partial charge in [-0.05, 0) is 0 Å². The van der Waals surface area contributed by atoms with E-state index in [1.807, 2.05) is 33.8 Å². The van der Waals surface area contributed by atoms with Crippen LogP contribution in [0.4, 0.5) is 0 Å². The third-order valence-electron chi connectivity index (χ3n) is 7.39. The van der Waals surface area contributed by atoms with Crippen LogP contribution in [0.2, 0.25) is 0 Å². The molecule has 0 unspecified atom stereocenters. The second kappa shape index (κ2) is 10.4. The molecule has 0 aromatic heterocycles. The van der Waals surface area contributed by atoms with Gasteiger partial charge in [0.2, 0.25) is 0 Å². The van der Waals surface area contributed by atoms with Crippen molar-refractivity contribution in [3.8, 4) is 0 Å². The van der Waals surface area contributed by atoms with E-state index in [1.54, 1.807) is 24.3 Å². The minimum atomic E-state index is -5.63. The normalized spacial score (nSPS) is 13.0. The van der Waals surface area contributed by atoms with Crippen LogP contribution >= 0.6 is 0 Å². The van der Waals surface area contributed by atoms with Gasteiger partial charge in [-0.3, -0.25) is 0 Å². The second-order valence-electron chi connectivity index (χ2n) is 10.2. The minimum absolute atomic E-state index is 0.140. The third kappa shape index (κ3) is 4.65. The van der Waals surface area contributed by atoms with E-state index < -0.39 is 27.9 Å². The molecule has 5 rings (SSSR count). The molecule has 198 valence electrons. The topological polar surface area (TPSA) is 43.4 Å². The maximum atomic E-state index is 14.4. The molecule has 0 bridgehead atoms. The van der Waals surface area contributed by atoms with Crippen LogP contribution < -0.4 is 14.0 Å². The number of hydrogen-bond acceptors (Lipinski definition) is 3. The fourth-order valence-electron chi connectivity index (χ4n) is 5.21. The molecule has 0 spiro atoms. The zero-order valence-electron chi connectivity index (χ0n) is 22.7. The van der Waals surface area contributed by atoms with Gasteiger partial charge < -0.3 is 0 Å². The predicted molar refractivity (Wildman–Crippen MR) is 164 cm³/mol. The maximum absolute atomic E-state index is 14.4. The molecule has 0 heterocycles. The molecule has 5 aromatic rings. The molecule has 0 amide bonds. The third-order valence-corrected chi connectivity index (χ3v) is 27.6. The molecule has 0 aliphatic heterocycles. The second-order valence-corrected chi connectivity index (χ2v) is 24.8. The van der Waals surface area contributed by atoms with Gasteiger partial charge in [0.1, 0.15) is 0 Å². The van der Waals surface area contributed by atoms with Gasteiger partial charge in [0.15, 0.2) is 0 Å². The Labute approximate surface area is 233 Å². The summed E-state index contributed by atoms with van der Waals surface area (Å²) in [6.07, 6.45) is 0. The number of hydrogen-bond donors (Lipinski definition) is 0. The number of benzene rings is 5. The summed E-state index contributed by atoms with van der Waals surface area (Å²) in [5.41, 5.74) is 4.37. The zero-order chi connectivity index (χ0) is 27.7. The Hall–Kier alpha value is -3.17. The molecule has 5 aromatic carbocycles. The Balaban J connectivity index is 2.05. The first kappa shape index (κ1) is 27.4. The first-order valence-corrected chi connectivity index (χ1v) is 20.5. The van der Waals surface area contributed by atoms with Gasteiger partial charge in [-0.2, -0.15) is 0 Å². The summed E-state index contributed by atoms with van der Waals surface area (Å²) in [4.78, 5) is 0.140. The molecule has 5 heteroatoms. The zero-order valence-corrected chi connectivity index (χ0v) is 26.1. The van der Waals surface area contributed by atoms with Crippen LogP contribution in [0, 0.1) is 27.7 Å². The molecule has 0 radical (unpaired) electrons. The van der Waals surface area contributed by atoms with E-state index in [9.17, 15) is 8.42 Å². The van der Waals surface area contributed by atoms with Crippen molar-refractivity contribution >= 4 is 42.0 Å². The molecular formula is C34H33O3SSb. The first-order valence-electron chi connectivity index (χ1n) is 13.0. The Kier molecular flexibility index (Phi) is 7.32. The Bertz CT molecular complexity index is 1500. The molecular weight excluding hydrogens is 610 g/mol. The van der Waals surface area contributed by atoms with Crippen LogP contribution in [0.5, 0.6) is 0 Å². The van der Waals surface area contributed by atoms with Gasteiger partial charge in [0.25, 0.3) is 0 Å². The van der Waals surface area contributed by atoms with Crippen molar-refractivity contribution in [2.45, 2.75) is 32.6 Å². The fourth-order valence-corrected chi connectivity index (χ4v) is 26.9. The Morgan fingerprint density at radius 2 is 0.718 bits per heavy atom. The van der Waals surface area contributed by atoms with Gasteiger partial charge in [-0.15, -0.1) is 0 Å². The van der Waals surface area contributed by atoms with Crippen molar-refractivity contribution in [2.24, 2.45) is 0 Å². The van der Waals surface area contributed by atoms with Gasteiger partial charge >= 0.3 is 235 Å². The van der Waals surface area contributed by atoms with E-state index in [0.717, 1.165) is 36.3 Å². The van der Waals surface area contributed by atoms with Crippen molar-refractivity contribution in [2.75, 3.05) is 0 Å². The molecule has 3 nitrogen and oxygen atoms in total. The summed E-state index contributed by atoms with van der Waals surface area (Å²) in [5, 5.41) is 0. The summed E-state index contributed by atoms with van der Waals surface area (Å²) in [7, 11) is -4.22. The van der Waals surface area contributed by atoms with Gasteiger partial charge in [-0.1, -0.05) is 0 Å². The van der Waals surface area contributed by atoms with Crippen molar-refractivity contribution in [1.82, 2.24) is 0 Å². The molecule has 39 heavy (non-hydrogen) atoms.